The van der Waals surface area contributed by atoms with Crippen LogP contribution in [0.25, 0.3) is 11.3 Å². The number of nitrogens with zero attached hydrogens (tertiary/aromatic N) is 2. The normalized spacial score (nSPS) is 20.4. The minimum absolute atomic E-state index is 0.0561. The second kappa shape index (κ2) is 6.68. The Kier molecular flexibility index (Phi) is 4.31. The van der Waals surface area contributed by atoms with Gasteiger partial charge in [-0.25, -0.2) is 4.98 Å². The fourth-order valence-electron chi connectivity index (χ4n) is 3.64. The number of nitrogens with two attached hydrogens (primary N) is 1. The molecule has 2 amide bonds. The van der Waals surface area contributed by atoms with E-state index < -0.39 is 11.3 Å². The van der Waals surface area contributed by atoms with Crippen LogP contribution in [0.3, 0.4) is 0 Å². The van der Waals surface area contributed by atoms with Crippen molar-refractivity contribution in [1.82, 2.24) is 9.88 Å². The second-order valence-corrected chi connectivity index (χ2v) is 7.44. The molecule has 6 nitrogen and oxygen atoms in total. The summed E-state index contributed by atoms with van der Waals surface area (Å²) in [4.78, 5) is 30.0. The van der Waals surface area contributed by atoms with Gasteiger partial charge in [0, 0.05) is 31.1 Å². The lowest BCUT2D eigenvalue weighted by Crippen LogP contribution is -2.28. The highest BCUT2D eigenvalue weighted by Gasteiger charge is 2.39. The number of benzene rings is 1. The van der Waals surface area contributed by atoms with E-state index in [9.17, 15) is 9.59 Å². The smallest absolute Gasteiger partial charge is 0.267 e. The monoisotopic (exact) mass is 375 g/mol. The number of carbonyl (C=O) groups excluding carboxylic acids is 2. The predicted octanol–water partition coefficient (Wildman–Crippen LogP) is 2.00. The second-order valence-electron chi connectivity index (χ2n) is 7.44. The molecular weight excluding hydrogens is 354 g/mol. The predicted molar refractivity (Wildman–Crippen MR) is 105 cm³/mol. The van der Waals surface area contributed by atoms with Crippen LogP contribution in [0.4, 0.5) is 0 Å². The zero-order chi connectivity index (χ0) is 19.9. The standard InChI is InChI=1S/C22H21N3O3/c1-22(9-10-25(2)21(22)27)8-6-14-12-15-7-11-28-19(15)16(13-14)17-4-3-5-18(24-17)20(23)26/h3-5,12-13H,7,9-11H2,1-2H3,(H2,23,26)/t22-/m1/s1. The molecule has 1 atom stereocenters. The van der Waals surface area contributed by atoms with Crippen molar-refractivity contribution >= 4 is 11.8 Å². The number of hydrogen-bond acceptors (Lipinski definition) is 4. The Bertz CT molecular complexity index is 1050. The minimum atomic E-state index is -0.658. The van der Waals surface area contributed by atoms with Gasteiger partial charge < -0.3 is 15.4 Å². The van der Waals surface area contributed by atoms with E-state index in [4.69, 9.17) is 10.5 Å². The number of fused-ring (bicyclic) bond motifs is 1. The molecule has 0 spiro atoms. The number of rotatable bonds is 2. The maximum absolute atomic E-state index is 12.4. The zero-order valence-corrected chi connectivity index (χ0v) is 15.9. The topological polar surface area (TPSA) is 85.5 Å². The van der Waals surface area contributed by atoms with Gasteiger partial charge in [0.05, 0.1) is 12.3 Å². The summed E-state index contributed by atoms with van der Waals surface area (Å²) in [5.74, 6) is 6.61. The highest BCUT2D eigenvalue weighted by molar-refractivity contribution is 5.91. The van der Waals surface area contributed by atoms with Crippen molar-refractivity contribution in [2.45, 2.75) is 19.8 Å². The molecule has 28 heavy (non-hydrogen) atoms. The molecule has 0 saturated carbocycles. The third kappa shape index (κ3) is 3.09. The fourth-order valence-corrected chi connectivity index (χ4v) is 3.64. The van der Waals surface area contributed by atoms with Crippen molar-refractivity contribution in [3.8, 4) is 28.8 Å². The van der Waals surface area contributed by atoms with Crippen LogP contribution in [-0.2, 0) is 11.2 Å². The molecule has 3 heterocycles. The van der Waals surface area contributed by atoms with Gasteiger partial charge in [0.25, 0.3) is 5.91 Å². The minimum Gasteiger partial charge on any atom is -0.492 e. The lowest BCUT2D eigenvalue weighted by atomic mass is 9.89. The first-order chi connectivity index (χ1) is 13.4. The van der Waals surface area contributed by atoms with E-state index in [-0.39, 0.29) is 11.6 Å². The van der Waals surface area contributed by atoms with Crippen LogP contribution >= 0.6 is 0 Å². The first kappa shape index (κ1) is 18.1. The van der Waals surface area contributed by atoms with Crippen LogP contribution in [0.1, 0.15) is 35.0 Å². The number of hydrogen-bond donors (Lipinski definition) is 1. The maximum atomic E-state index is 12.4. The highest BCUT2D eigenvalue weighted by Crippen LogP contribution is 2.37. The Morgan fingerprint density at radius 1 is 1.36 bits per heavy atom. The summed E-state index contributed by atoms with van der Waals surface area (Å²) in [6.45, 7) is 3.20. The summed E-state index contributed by atoms with van der Waals surface area (Å²) in [6, 6.07) is 9.05. The largest absolute Gasteiger partial charge is 0.492 e. The summed E-state index contributed by atoms with van der Waals surface area (Å²) < 4.78 is 5.80. The Hall–Kier alpha value is -3.33. The van der Waals surface area contributed by atoms with Gasteiger partial charge in [0.1, 0.15) is 16.9 Å². The highest BCUT2D eigenvalue weighted by atomic mass is 16.5. The fraction of sp³-hybridized carbons (Fsp3) is 0.318. The van der Waals surface area contributed by atoms with Crippen LogP contribution < -0.4 is 10.5 Å². The summed E-state index contributed by atoms with van der Waals surface area (Å²) in [5.41, 5.74) is 8.15. The third-order valence-corrected chi connectivity index (χ3v) is 5.31. The SMILES string of the molecule is CN1CC[C@@](C)(C#Cc2cc3c(c(-c4cccc(C(N)=O)n4)c2)OCC3)C1=O. The van der Waals surface area contributed by atoms with Gasteiger partial charge in [0.15, 0.2) is 0 Å². The van der Waals surface area contributed by atoms with Crippen molar-refractivity contribution in [1.29, 1.82) is 0 Å². The van der Waals surface area contributed by atoms with E-state index in [2.05, 4.69) is 16.8 Å². The van der Waals surface area contributed by atoms with Crippen molar-refractivity contribution in [2.75, 3.05) is 20.2 Å². The molecule has 0 radical (unpaired) electrons. The molecule has 1 saturated heterocycles. The van der Waals surface area contributed by atoms with Crippen LogP contribution in [0.2, 0.25) is 0 Å². The molecule has 1 aromatic carbocycles. The van der Waals surface area contributed by atoms with E-state index >= 15 is 0 Å². The third-order valence-electron chi connectivity index (χ3n) is 5.31. The van der Waals surface area contributed by atoms with Crippen molar-refractivity contribution < 1.29 is 14.3 Å². The van der Waals surface area contributed by atoms with Crippen LogP contribution in [0.5, 0.6) is 5.75 Å². The van der Waals surface area contributed by atoms with Crippen LogP contribution in [0.15, 0.2) is 30.3 Å². The van der Waals surface area contributed by atoms with Gasteiger partial charge in [0.2, 0.25) is 5.91 Å². The molecular formula is C22H21N3O3. The molecule has 0 unspecified atom stereocenters. The summed E-state index contributed by atoms with van der Waals surface area (Å²) in [5, 5.41) is 0. The molecule has 2 aliphatic rings. The molecule has 6 heteroatoms. The van der Waals surface area contributed by atoms with Gasteiger partial charge in [-0.15, -0.1) is 0 Å². The molecule has 2 aliphatic heterocycles. The Labute approximate surface area is 163 Å². The lowest BCUT2D eigenvalue weighted by Gasteiger charge is -2.14. The number of primary amides is 1. The number of likely N-dealkylation sites (tertiary alicyclic amines) is 1. The van der Waals surface area contributed by atoms with Crippen molar-refractivity contribution in [2.24, 2.45) is 11.1 Å². The average Bonchev–Trinajstić information content (AvgIpc) is 3.26. The maximum Gasteiger partial charge on any atom is 0.267 e. The molecule has 0 aliphatic carbocycles. The average molecular weight is 375 g/mol. The summed E-state index contributed by atoms with van der Waals surface area (Å²) in [6.07, 6.45) is 1.50. The van der Waals surface area contributed by atoms with Crippen molar-refractivity contribution in [3.05, 3.63) is 47.2 Å². The van der Waals surface area contributed by atoms with E-state index in [0.717, 1.165) is 41.8 Å². The first-order valence-corrected chi connectivity index (χ1v) is 9.23. The van der Waals surface area contributed by atoms with Crippen LogP contribution in [0, 0.1) is 17.3 Å². The van der Waals surface area contributed by atoms with Gasteiger partial charge in [-0.05, 0) is 43.2 Å². The molecule has 0 bridgehead atoms. The van der Waals surface area contributed by atoms with Crippen molar-refractivity contribution in [3.63, 3.8) is 0 Å². The number of amides is 2. The summed E-state index contributed by atoms with van der Waals surface area (Å²) in [7, 11) is 1.80. The van der Waals surface area contributed by atoms with Crippen LogP contribution in [-0.4, -0.2) is 41.9 Å². The Morgan fingerprint density at radius 3 is 2.89 bits per heavy atom. The molecule has 1 fully saturated rings. The zero-order valence-electron chi connectivity index (χ0n) is 15.9. The number of pyridine rings is 1. The summed E-state index contributed by atoms with van der Waals surface area (Å²) >= 11 is 0. The molecule has 2 N–H and O–H groups in total. The molecule has 4 rings (SSSR count). The van der Waals surface area contributed by atoms with Gasteiger partial charge >= 0.3 is 0 Å². The number of aromatic nitrogens is 1. The Morgan fingerprint density at radius 2 is 2.18 bits per heavy atom. The van der Waals surface area contributed by atoms with E-state index in [0.29, 0.717) is 12.3 Å². The van der Waals surface area contributed by atoms with E-state index in [1.54, 1.807) is 24.1 Å². The molecule has 1 aromatic heterocycles. The number of ether oxygens (including phenoxy) is 1. The quantitative estimate of drug-likeness (QED) is 0.814. The van der Waals surface area contributed by atoms with Gasteiger partial charge in [-0.1, -0.05) is 17.9 Å². The van der Waals surface area contributed by atoms with E-state index in [1.807, 2.05) is 25.1 Å². The lowest BCUT2D eigenvalue weighted by molar-refractivity contribution is -0.131. The first-order valence-electron chi connectivity index (χ1n) is 9.23. The Balaban J connectivity index is 1.77. The number of carbonyl (C=O) groups is 2. The molecule has 2 aromatic rings. The van der Waals surface area contributed by atoms with Gasteiger partial charge in [-0.3, -0.25) is 9.59 Å². The van der Waals surface area contributed by atoms with Gasteiger partial charge in [-0.2, -0.15) is 0 Å². The molecule has 142 valence electrons. The van der Waals surface area contributed by atoms with E-state index in [1.165, 1.54) is 0 Å².